The molecule has 0 bridgehead atoms. The highest BCUT2D eigenvalue weighted by Gasteiger charge is 2.12. The van der Waals surface area contributed by atoms with Gasteiger partial charge >= 0.3 is 0 Å². The number of nitrogens with zero attached hydrogens (tertiary/aromatic N) is 2. The van der Waals surface area contributed by atoms with Gasteiger partial charge in [0, 0.05) is 22.8 Å². The molecule has 0 aliphatic rings. The number of halogens is 1. The Labute approximate surface area is 183 Å². The number of carbonyl (C=O) groups is 1. The number of hydrogen-bond acceptors (Lipinski definition) is 4. The average molecular weight is 438 g/mol. The van der Waals surface area contributed by atoms with Gasteiger partial charge in [0.25, 0.3) is 5.91 Å². The quantitative estimate of drug-likeness (QED) is 0.398. The highest BCUT2D eigenvalue weighted by atomic mass is 35.5. The van der Waals surface area contributed by atoms with Gasteiger partial charge in [-0.1, -0.05) is 47.5 Å². The van der Waals surface area contributed by atoms with E-state index in [0.717, 1.165) is 16.9 Å². The van der Waals surface area contributed by atoms with Gasteiger partial charge in [-0.3, -0.25) is 9.48 Å². The third kappa shape index (κ3) is 5.09. The van der Waals surface area contributed by atoms with Gasteiger partial charge in [0.1, 0.15) is 12.4 Å². The van der Waals surface area contributed by atoms with Crippen LogP contribution in [0.1, 0.15) is 26.4 Å². The van der Waals surface area contributed by atoms with Gasteiger partial charge < -0.3 is 10.1 Å². The van der Waals surface area contributed by atoms with E-state index >= 15 is 0 Å². The lowest BCUT2D eigenvalue weighted by molar-refractivity contribution is 0.103. The zero-order valence-electron chi connectivity index (χ0n) is 16.3. The highest BCUT2D eigenvalue weighted by Crippen LogP contribution is 2.20. The first-order valence-electron chi connectivity index (χ1n) is 9.42. The lowest BCUT2D eigenvalue weighted by Crippen LogP contribution is -2.11. The molecule has 2 heterocycles. The van der Waals surface area contributed by atoms with E-state index in [4.69, 9.17) is 16.3 Å². The number of aryl methyl sites for hydroxylation is 1. The average Bonchev–Trinajstić information content (AvgIpc) is 3.39. The second kappa shape index (κ2) is 9.15. The third-order valence-electron chi connectivity index (χ3n) is 4.48. The highest BCUT2D eigenvalue weighted by molar-refractivity contribution is 7.12. The minimum atomic E-state index is -0.190. The van der Waals surface area contributed by atoms with Gasteiger partial charge in [0.15, 0.2) is 5.82 Å². The van der Waals surface area contributed by atoms with Crippen LogP contribution in [0, 0.1) is 6.92 Å². The van der Waals surface area contributed by atoms with Gasteiger partial charge in [-0.2, -0.15) is 5.10 Å². The summed E-state index contributed by atoms with van der Waals surface area (Å²) in [7, 11) is 0. The molecule has 30 heavy (non-hydrogen) atoms. The molecule has 0 aliphatic carbocycles. The van der Waals surface area contributed by atoms with Crippen molar-refractivity contribution >= 4 is 34.7 Å². The summed E-state index contributed by atoms with van der Waals surface area (Å²) in [5.74, 6) is 1.12. The van der Waals surface area contributed by atoms with E-state index in [9.17, 15) is 4.79 Å². The van der Waals surface area contributed by atoms with Crippen LogP contribution in [0.3, 0.4) is 0 Å². The number of ether oxygens (including phenoxy) is 1. The van der Waals surface area contributed by atoms with Crippen molar-refractivity contribution in [3.05, 3.63) is 98.8 Å². The zero-order valence-corrected chi connectivity index (χ0v) is 17.9. The van der Waals surface area contributed by atoms with E-state index in [1.54, 1.807) is 10.7 Å². The zero-order chi connectivity index (χ0) is 20.9. The lowest BCUT2D eigenvalue weighted by atomic mass is 10.2. The van der Waals surface area contributed by atoms with Crippen molar-refractivity contribution in [1.82, 2.24) is 9.78 Å². The van der Waals surface area contributed by atoms with E-state index in [-0.39, 0.29) is 5.91 Å². The van der Waals surface area contributed by atoms with Gasteiger partial charge in [-0.05, 0) is 42.1 Å². The molecule has 0 aliphatic heterocycles. The SMILES string of the molecule is Cc1ccc(OCc2csc(C(=O)Nc3ccn(Cc4ccccc4Cl)n3)c2)cc1. The fourth-order valence-electron chi connectivity index (χ4n) is 2.87. The second-order valence-electron chi connectivity index (χ2n) is 6.87. The number of aromatic nitrogens is 2. The van der Waals surface area contributed by atoms with Crippen molar-refractivity contribution in [2.24, 2.45) is 0 Å². The Hall–Kier alpha value is -3.09. The normalized spacial score (nSPS) is 10.7. The topological polar surface area (TPSA) is 56.1 Å². The first-order chi connectivity index (χ1) is 14.6. The smallest absolute Gasteiger partial charge is 0.266 e. The number of anilines is 1. The van der Waals surface area contributed by atoms with Crippen molar-refractivity contribution in [1.29, 1.82) is 0 Å². The maximum atomic E-state index is 12.5. The molecule has 152 valence electrons. The van der Waals surface area contributed by atoms with Gasteiger partial charge in [-0.15, -0.1) is 11.3 Å². The third-order valence-corrected chi connectivity index (χ3v) is 5.82. The molecular formula is C23H20ClN3O2S. The Bertz CT molecular complexity index is 1150. The number of nitrogens with one attached hydrogen (secondary N) is 1. The molecule has 0 unspecified atom stereocenters. The number of carbonyl (C=O) groups excluding carboxylic acids is 1. The summed E-state index contributed by atoms with van der Waals surface area (Å²) in [5.41, 5.74) is 3.11. The van der Waals surface area contributed by atoms with E-state index in [0.29, 0.717) is 28.9 Å². The number of benzene rings is 2. The molecule has 0 saturated heterocycles. The Kier molecular flexibility index (Phi) is 6.16. The van der Waals surface area contributed by atoms with Crippen molar-refractivity contribution < 1.29 is 9.53 Å². The summed E-state index contributed by atoms with van der Waals surface area (Å²) in [6.07, 6.45) is 1.81. The predicted octanol–water partition coefficient (Wildman–Crippen LogP) is 5.79. The molecule has 2 aromatic heterocycles. The molecule has 0 radical (unpaired) electrons. The van der Waals surface area contributed by atoms with E-state index in [1.165, 1.54) is 16.9 Å². The molecule has 0 fully saturated rings. The molecule has 4 aromatic rings. The Morgan fingerprint density at radius 1 is 1.17 bits per heavy atom. The minimum Gasteiger partial charge on any atom is -0.489 e. The molecule has 5 nitrogen and oxygen atoms in total. The minimum absolute atomic E-state index is 0.190. The number of amides is 1. The molecule has 1 N–H and O–H groups in total. The molecule has 7 heteroatoms. The molecule has 2 aromatic carbocycles. The van der Waals surface area contributed by atoms with Crippen LogP contribution in [0.2, 0.25) is 5.02 Å². The van der Waals surface area contributed by atoms with Crippen molar-refractivity contribution in [3.8, 4) is 5.75 Å². The maximum Gasteiger partial charge on any atom is 0.266 e. The monoisotopic (exact) mass is 437 g/mol. The summed E-state index contributed by atoms with van der Waals surface area (Å²) < 4.78 is 7.52. The summed E-state index contributed by atoms with van der Waals surface area (Å²) >= 11 is 7.58. The predicted molar refractivity (Wildman–Crippen MR) is 121 cm³/mol. The van der Waals surface area contributed by atoms with Crippen LogP contribution in [0.4, 0.5) is 5.82 Å². The largest absolute Gasteiger partial charge is 0.489 e. The number of hydrogen-bond donors (Lipinski definition) is 1. The molecule has 0 atom stereocenters. The van der Waals surface area contributed by atoms with Gasteiger partial charge in [-0.25, -0.2) is 0 Å². The molecule has 0 spiro atoms. The van der Waals surface area contributed by atoms with E-state index in [1.807, 2.05) is 73.1 Å². The standard InChI is InChI=1S/C23H20ClN3O2S/c1-16-6-8-19(9-7-16)29-14-17-12-21(30-15-17)23(28)25-22-10-11-27(26-22)13-18-4-2-3-5-20(18)24/h2-12,15H,13-14H2,1H3,(H,25,26,28). The Morgan fingerprint density at radius 2 is 1.97 bits per heavy atom. The molecule has 0 saturated carbocycles. The van der Waals surface area contributed by atoms with E-state index in [2.05, 4.69) is 10.4 Å². The molecule has 4 rings (SSSR count). The van der Waals surface area contributed by atoms with Gasteiger partial charge in [0.05, 0.1) is 11.4 Å². The summed E-state index contributed by atoms with van der Waals surface area (Å²) in [6, 6.07) is 19.1. The van der Waals surface area contributed by atoms with Crippen molar-refractivity contribution in [2.45, 2.75) is 20.1 Å². The van der Waals surface area contributed by atoms with Crippen molar-refractivity contribution in [2.75, 3.05) is 5.32 Å². The lowest BCUT2D eigenvalue weighted by Gasteiger charge is -2.05. The van der Waals surface area contributed by atoms with E-state index < -0.39 is 0 Å². The van der Waals surface area contributed by atoms with Crippen molar-refractivity contribution in [3.63, 3.8) is 0 Å². The van der Waals surface area contributed by atoms with Crippen LogP contribution >= 0.6 is 22.9 Å². The van der Waals surface area contributed by atoms with Crippen LogP contribution in [0.15, 0.2) is 72.2 Å². The maximum absolute atomic E-state index is 12.5. The first-order valence-corrected chi connectivity index (χ1v) is 10.7. The summed E-state index contributed by atoms with van der Waals surface area (Å²) in [5, 5.41) is 9.87. The van der Waals surface area contributed by atoms with Crippen LogP contribution in [-0.2, 0) is 13.2 Å². The van der Waals surface area contributed by atoms with Crippen LogP contribution in [0.5, 0.6) is 5.75 Å². The molecule has 1 amide bonds. The first kappa shape index (κ1) is 20.2. The summed E-state index contributed by atoms with van der Waals surface area (Å²) in [4.78, 5) is 13.2. The second-order valence-corrected chi connectivity index (χ2v) is 8.18. The van der Waals surface area contributed by atoms with Crippen LogP contribution in [0.25, 0.3) is 0 Å². The van der Waals surface area contributed by atoms with Gasteiger partial charge in [0.2, 0.25) is 0 Å². The fourth-order valence-corrected chi connectivity index (χ4v) is 3.85. The van der Waals surface area contributed by atoms with Crippen LogP contribution < -0.4 is 10.1 Å². The molecular weight excluding hydrogens is 418 g/mol. The summed E-state index contributed by atoms with van der Waals surface area (Å²) in [6.45, 7) is 2.99. The number of thiophene rings is 1. The van der Waals surface area contributed by atoms with Crippen LogP contribution in [-0.4, -0.2) is 15.7 Å². The fraction of sp³-hybridized carbons (Fsp3) is 0.130. The Balaban J connectivity index is 1.34. The Morgan fingerprint density at radius 3 is 2.77 bits per heavy atom. The number of rotatable bonds is 7.